The third-order valence-corrected chi connectivity index (χ3v) is 3.72. The number of carbonyl (C=O) groups is 2. The zero-order chi connectivity index (χ0) is 16.3. The molecular weight excluding hydrogens is 346 g/mol. The van der Waals surface area contributed by atoms with Crippen molar-refractivity contribution in [3.8, 4) is 11.3 Å². The van der Waals surface area contributed by atoms with Gasteiger partial charge in [0.05, 0.1) is 17.0 Å². The largest absolute Gasteiger partial charge is 0.368 e. The molecule has 0 aliphatic heterocycles. The van der Waals surface area contributed by atoms with Crippen LogP contribution in [0.2, 0.25) is 0 Å². The standard InChI is InChI=1S/C16H16BrN3O2/c1-9-13(16(22)20-10(2)15(18)21)6-7-14(19-9)11-4-3-5-12(17)8-11/h3-8,10H,1-2H3,(H2,18,21)(H,20,22). The minimum absolute atomic E-state index is 0.364. The Balaban J connectivity index is 2.27. The molecule has 2 aromatic rings. The van der Waals surface area contributed by atoms with Crippen molar-refractivity contribution >= 4 is 27.7 Å². The van der Waals surface area contributed by atoms with E-state index in [1.54, 1.807) is 26.0 Å². The molecule has 1 unspecified atom stereocenters. The summed E-state index contributed by atoms with van der Waals surface area (Å²) >= 11 is 3.42. The molecule has 5 nitrogen and oxygen atoms in total. The van der Waals surface area contributed by atoms with Crippen molar-refractivity contribution in [2.75, 3.05) is 0 Å². The van der Waals surface area contributed by atoms with Crippen molar-refractivity contribution in [2.45, 2.75) is 19.9 Å². The highest BCUT2D eigenvalue weighted by Crippen LogP contribution is 2.22. The summed E-state index contributed by atoms with van der Waals surface area (Å²) in [7, 11) is 0. The van der Waals surface area contributed by atoms with Gasteiger partial charge in [0.2, 0.25) is 5.91 Å². The number of benzene rings is 1. The number of halogens is 1. The van der Waals surface area contributed by atoms with E-state index < -0.39 is 11.9 Å². The summed E-state index contributed by atoms with van der Waals surface area (Å²) in [5.74, 6) is -0.943. The van der Waals surface area contributed by atoms with Crippen LogP contribution in [0.25, 0.3) is 11.3 Å². The maximum Gasteiger partial charge on any atom is 0.253 e. The first-order valence-corrected chi connectivity index (χ1v) is 7.51. The number of nitrogens with one attached hydrogen (secondary N) is 1. The van der Waals surface area contributed by atoms with Gasteiger partial charge in [-0.25, -0.2) is 0 Å². The van der Waals surface area contributed by atoms with Crippen LogP contribution in [-0.2, 0) is 4.79 Å². The average Bonchev–Trinajstić information content (AvgIpc) is 2.46. The Labute approximate surface area is 137 Å². The van der Waals surface area contributed by atoms with Gasteiger partial charge in [0.25, 0.3) is 5.91 Å². The van der Waals surface area contributed by atoms with Gasteiger partial charge >= 0.3 is 0 Å². The summed E-state index contributed by atoms with van der Waals surface area (Å²) in [6.07, 6.45) is 0. The van der Waals surface area contributed by atoms with Crippen molar-refractivity contribution in [1.29, 1.82) is 0 Å². The number of nitrogens with zero attached hydrogens (tertiary/aromatic N) is 1. The van der Waals surface area contributed by atoms with Gasteiger partial charge in [-0.3, -0.25) is 14.6 Å². The molecule has 1 aromatic heterocycles. The van der Waals surface area contributed by atoms with E-state index in [1.165, 1.54) is 0 Å². The Kier molecular flexibility index (Phi) is 4.92. The minimum atomic E-state index is -0.725. The normalized spacial score (nSPS) is 11.8. The van der Waals surface area contributed by atoms with Gasteiger partial charge in [0.15, 0.2) is 0 Å². The lowest BCUT2D eigenvalue weighted by atomic mass is 10.1. The summed E-state index contributed by atoms with van der Waals surface area (Å²) in [6.45, 7) is 3.30. The molecular formula is C16H16BrN3O2. The molecule has 6 heteroatoms. The predicted molar refractivity (Wildman–Crippen MR) is 88.2 cm³/mol. The van der Waals surface area contributed by atoms with E-state index >= 15 is 0 Å². The maximum absolute atomic E-state index is 12.1. The summed E-state index contributed by atoms with van der Waals surface area (Å²) < 4.78 is 0.960. The van der Waals surface area contributed by atoms with Gasteiger partial charge in [0, 0.05) is 10.0 Å². The van der Waals surface area contributed by atoms with Gasteiger partial charge in [-0.15, -0.1) is 0 Å². The number of rotatable bonds is 4. The first-order valence-electron chi connectivity index (χ1n) is 6.72. The van der Waals surface area contributed by atoms with Crippen molar-refractivity contribution in [3.05, 3.63) is 52.1 Å². The lowest BCUT2D eigenvalue weighted by Crippen LogP contribution is -2.42. The molecule has 1 aromatic carbocycles. The summed E-state index contributed by atoms with van der Waals surface area (Å²) in [5.41, 5.74) is 7.88. The van der Waals surface area contributed by atoms with E-state index in [-0.39, 0.29) is 5.91 Å². The second-order valence-electron chi connectivity index (χ2n) is 4.94. The van der Waals surface area contributed by atoms with E-state index in [0.717, 1.165) is 15.7 Å². The van der Waals surface area contributed by atoms with E-state index in [9.17, 15) is 9.59 Å². The van der Waals surface area contributed by atoms with Crippen molar-refractivity contribution in [2.24, 2.45) is 5.73 Å². The van der Waals surface area contributed by atoms with Crippen LogP contribution in [0.4, 0.5) is 0 Å². The van der Waals surface area contributed by atoms with E-state index in [0.29, 0.717) is 11.3 Å². The van der Waals surface area contributed by atoms with E-state index in [4.69, 9.17) is 5.73 Å². The maximum atomic E-state index is 12.1. The zero-order valence-corrected chi connectivity index (χ0v) is 13.8. The number of pyridine rings is 1. The smallest absolute Gasteiger partial charge is 0.253 e. The number of hydrogen-bond donors (Lipinski definition) is 2. The highest BCUT2D eigenvalue weighted by Gasteiger charge is 2.16. The number of amides is 2. The summed E-state index contributed by atoms with van der Waals surface area (Å²) in [4.78, 5) is 27.6. The van der Waals surface area contributed by atoms with Gasteiger partial charge in [-0.2, -0.15) is 0 Å². The molecule has 0 saturated carbocycles. The fourth-order valence-electron chi connectivity index (χ4n) is 1.96. The minimum Gasteiger partial charge on any atom is -0.368 e. The molecule has 0 fully saturated rings. The predicted octanol–water partition coefficient (Wildman–Crippen LogP) is 2.42. The Morgan fingerprint density at radius 1 is 1.27 bits per heavy atom. The quantitative estimate of drug-likeness (QED) is 0.876. The number of hydrogen-bond acceptors (Lipinski definition) is 3. The first kappa shape index (κ1) is 16.2. The highest BCUT2D eigenvalue weighted by atomic mass is 79.9. The molecule has 2 rings (SSSR count). The lowest BCUT2D eigenvalue weighted by Gasteiger charge is -2.12. The molecule has 0 spiro atoms. The summed E-state index contributed by atoms with van der Waals surface area (Å²) in [5, 5.41) is 2.54. The summed E-state index contributed by atoms with van der Waals surface area (Å²) in [6, 6.07) is 10.5. The Hall–Kier alpha value is -2.21. The molecule has 1 atom stereocenters. The third kappa shape index (κ3) is 3.71. The monoisotopic (exact) mass is 361 g/mol. The van der Waals surface area contributed by atoms with Crippen LogP contribution in [0.5, 0.6) is 0 Å². The van der Waals surface area contributed by atoms with Gasteiger partial charge in [-0.1, -0.05) is 28.1 Å². The van der Waals surface area contributed by atoms with Crippen LogP contribution in [-0.4, -0.2) is 22.8 Å². The van der Waals surface area contributed by atoms with E-state index in [2.05, 4.69) is 26.2 Å². The van der Waals surface area contributed by atoms with Crippen LogP contribution >= 0.6 is 15.9 Å². The fourth-order valence-corrected chi connectivity index (χ4v) is 2.35. The molecule has 22 heavy (non-hydrogen) atoms. The van der Waals surface area contributed by atoms with Crippen molar-refractivity contribution in [1.82, 2.24) is 10.3 Å². The van der Waals surface area contributed by atoms with Gasteiger partial charge < -0.3 is 11.1 Å². The Morgan fingerprint density at radius 3 is 2.59 bits per heavy atom. The van der Waals surface area contributed by atoms with Crippen LogP contribution in [0.1, 0.15) is 23.0 Å². The van der Waals surface area contributed by atoms with Crippen LogP contribution in [0, 0.1) is 6.92 Å². The third-order valence-electron chi connectivity index (χ3n) is 3.23. The number of nitrogens with two attached hydrogens (primary N) is 1. The molecule has 0 aliphatic rings. The first-order chi connectivity index (χ1) is 10.4. The van der Waals surface area contributed by atoms with E-state index in [1.807, 2.05) is 24.3 Å². The van der Waals surface area contributed by atoms with Crippen LogP contribution in [0.15, 0.2) is 40.9 Å². The molecule has 3 N–H and O–H groups in total. The molecule has 1 heterocycles. The van der Waals surface area contributed by atoms with Crippen LogP contribution in [0.3, 0.4) is 0 Å². The van der Waals surface area contributed by atoms with Gasteiger partial charge in [-0.05, 0) is 38.1 Å². The second kappa shape index (κ2) is 6.70. The number of carbonyl (C=O) groups excluding carboxylic acids is 2. The molecule has 0 aliphatic carbocycles. The molecule has 0 radical (unpaired) electrons. The van der Waals surface area contributed by atoms with Gasteiger partial charge in [0.1, 0.15) is 6.04 Å². The van der Waals surface area contributed by atoms with Crippen molar-refractivity contribution in [3.63, 3.8) is 0 Å². The average molecular weight is 362 g/mol. The molecule has 2 amide bonds. The van der Waals surface area contributed by atoms with Crippen LogP contribution < -0.4 is 11.1 Å². The number of primary amides is 1. The molecule has 114 valence electrons. The van der Waals surface area contributed by atoms with Crippen molar-refractivity contribution < 1.29 is 9.59 Å². The lowest BCUT2D eigenvalue weighted by molar-refractivity contribution is -0.119. The highest BCUT2D eigenvalue weighted by molar-refractivity contribution is 9.10. The Bertz CT molecular complexity index is 731. The SMILES string of the molecule is Cc1nc(-c2cccc(Br)c2)ccc1C(=O)NC(C)C(N)=O. The topological polar surface area (TPSA) is 85.1 Å². The second-order valence-corrected chi connectivity index (χ2v) is 5.85. The Morgan fingerprint density at radius 2 is 2.00 bits per heavy atom. The fraction of sp³-hybridized carbons (Fsp3) is 0.188. The number of aromatic nitrogens is 1. The molecule has 0 bridgehead atoms. The number of aryl methyl sites for hydroxylation is 1. The zero-order valence-electron chi connectivity index (χ0n) is 12.3. The molecule has 0 saturated heterocycles.